The lowest BCUT2D eigenvalue weighted by Gasteiger charge is -2.12. The zero-order chi connectivity index (χ0) is 12.1. The molecule has 0 bridgehead atoms. The van der Waals surface area contributed by atoms with Crippen molar-refractivity contribution >= 4 is 12.2 Å². The number of aromatic nitrogens is 1. The maximum Gasteiger partial charge on any atom is 0.409 e. The number of nitrogens with one attached hydrogen (secondary N) is 1. The fraction of sp³-hybridized carbons (Fsp3) is 0.0769. The minimum atomic E-state index is -1.06. The van der Waals surface area contributed by atoms with E-state index < -0.39 is 6.09 Å². The Morgan fingerprint density at radius 2 is 2.35 bits per heavy atom. The van der Waals surface area contributed by atoms with E-state index in [0.29, 0.717) is 12.1 Å². The molecule has 1 aromatic heterocycles. The molecule has 0 unspecified atom stereocenters. The molecule has 17 heavy (non-hydrogen) atoms. The molecule has 0 radical (unpaired) electrons. The van der Waals surface area contributed by atoms with Gasteiger partial charge in [0.25, 0.3) is 0 Å². The molecule has 1 aliphatic carbocycles. The van der Waals surface area contributed by atoms with Gasteiger partial charge in [0.1, 0.15) is 0 Å². The number of pyridine rings is 1. The van der Waals surface area contributed by atoms with Crippen molar-refractivity contribution in [3.05, 3.63) is 59.6 Å². The molecule has 1 aliphatic rings. The number of hydrogen-bond acceptors (Lipinski definition) is 2. The van der Waals surface area contributed by atoms with Crippen LogP contribution in [0.2, 0.25) is 0 Å². The van der Waals surface area contributed by atoms with Crippen LogP contribution in [0.4, 0.5) is 4.79 Å². The van der Waals surface area contributed by atoms with Crippen LogP contribution in [0, 0.1) is 0 Å². The number of hydrogen-bond donors (Lipinski definition) is 2. The number of carboxylic acid groups (broad SMARTS) is 1. The average Bonchev–Trinajstić information content (AvgIpc) is 2.32. The highest BCUT2D eigenvalue weighted by molar-refractivity contribution is 5.71. The Kier molecular flexibility index (Phi) is 3.35. The van der Waals surface area contributed by atoms with E-state index in [4.69, 9.17) is 5.11 Å². The van der Waals surface area contributed by atoms with Crippen LogP contribution < -0.4 is 5.32 Å². The fourth-order valence-corrected chi connectivity index (χ4v) is 1.59. The smallest absolute Gasteiger partial charge is 0.409 e. The lowest BCUT2D eigenvalue weighted by Crippen LogP contribution is -2.22. The van der Waals surface area contributed by atoms with Crippen LogP contribution in [0.5, 0.6) is 0 Å². The van der Waals surface area contributed by atoms with Gasteiger partial charge in [-0.25, -0.2) is 4.79 Å². The quantitative estimate of drug-likeness (QED) is 0.817. The summed E-state index contributed by atoms with van der Waals surface area (Å²) in [4.78, 5) is 14.8. The Labute approximate surface area is 99.0 Å². The molecule has 2 N–H and O–H groups in total. The summed E-state index contributed by atoms with van der Waals surface area (Å²) in [5.41, 5.74) is 2.33. The maximum atomic E-state index is 10.6. The third kappa shape index (κ3) is 3.04. The van der Waals surface area contributed by atoms with Crippen LogP contribution >= 0.6 is 0 Å². The minimum Gasteiger partial charge on any atom is -0.465 e. The van der Waals surface area contributed by atoms with Gasteiger partial charge in [-0.15, -0.1) is 0 Å². The van der Waals surface area contributed by atoms with Gasteiger partial charge in [-0.2, -0.15) is 0 Å². The van der Waals surface area contributed by atoms with Gasteiger partial charge >= 0.3 is 6.09 Å². The van der Waals surface area contributed by atoms with Crippen molar-refractivity contribution in [2.24, 2.45) is 0 Å². The normalized spacial score (nSPS) is 16.7. The highest BCUT2D eigenvalue weighted by Gasteiger charge is 2.09. The van der Waals surface area contributed by atoms with Gasteiger partial charge in [0.15, 0.2) is 0 Å². The molecule has 0 spiro atoms. The zero-order valence-corrected chi connectivity index (χ0v) is 9.13. The van der Waals surface area contributed by atoms with Crippen LogP contribution in [0.15, 0.2) is 53.9 Å². The minimum absolute atomic E-state index is 0.602. The molecule has 0 aliphatic heterocycles. The molecule has 1 aromatic rings. The van der Waals surface area contributed by atoms with Crippen molar-refractivity contribution in [1.29, 1.82) is 0 Å². The first-order valence-corrected chi connectivity index (χ1v) is 5.24. The molecule has 4 nitrogen and oxygen atoms in total. The number of rotatable bonds is 2. The summed E-state index contributed by atoms with van der Waals surface area (Å²) in [6, 6.07) is 5.62. The fourth-order valence-electron chi connectivity index (χ4n) is 1.59. The van der Waals surface area contributed by atoms with E-state index in [0.717, 1.165) is 11.3 Å². The first-order chi connectivity index (χ1) is 8.25. The summed E-state index contributed by atoms with van der Waals surface area (Å²) in [6.07, 6.45) is 8.78. The van der Waals surface area contributed by atoms with E-state index in [1.165, 1.54) is 0 Å². The van der Waals surface area contributed by atoms with E-state index in [1.807, 2.05) is 36.4 Å². The molecule has 4 heteroatoms. The monoisotopic (exact) mass is 228 g/mol. The van der Waals surface area contributed by atoms with E-state index in [1.54, 1.807) is 12.3 Å². The van der Waals surface area contributed by atoms with Crippen LogP contribution in [-0.4, -0.2) is 16.2 Å². The largest absolute Gasteiger partial charge is 0.465 e. The Balaban J connectivity index is 2.25. The van der Waals surface area contributed by atoms with E-state index in [2.05, 4.69) is 10.3 Å². The van der Waals surface area contributed by atoms with Gasteiger partial charge in [0.2, 0.25) is 0 Å². The van der Waals surface area contributed by atoms with Crippen LogP contribution in [0.3, 0.4) is 0 Å². The molecule has 0 aromatic carbocycles. The highest BCUT2D eigenvalue weighted by Crippen LogP contribution is 2.19. The van der Waals surface area contributed by atoms with Crippen molar-refractivity contribution in [1.82, 2.24) is 10.3 Å². The van der Waals surface area contributed by atoms with E-state index in [-0.39, 0.29) is 0 Å². The molecule has 0 saturated heterocycles. The summed E-state index contributed by atoms with van der Waals surface area (Å²) in [7, 11) is 0. The summed E-state index contributed by atoms with van der Waals surface area (Å²) >= 11 is 0. The van der Waals surface area contributed by atoms with E-state index >= 15 is 0 Å². The predicted octanol–water partition coefficient (Wildman–Crippen LogP) is 2.58. The van der Waals surface area contributed by atoms with Gasteiger partial charge in [0.05, 0.1) is 5.69 Å². The standard InChI is InChI=1S/C13H12N2O2/c16-13(17)15-12-7-2-1-5-10(12)9-11-6-3-4-8-14-11/h1-4,6-9,15H,5H2,(H,16,17). The SMILES string of the molecule is O=C(O)NC1=CC=CCC1=Cc1ccccn1. The first kappa shape index (κ1) is 11.1. The van der Waals surface area contributed by atoms with Crippen LogP contribution in [0.25, 0.3) is 6.08 Å². The van der Waals surface area contributed by atoms with Crippen molar-refractivity contribution in [2.45, 2.75) is 6.42 Å². The Morgan fingerprint density at radius 1 is 1.47 bits per heavy atom. The Hall–Kier alpha value is -2.36. The topological polar surface area (TPSA) is 62.2 Å². The third-order valence-corrected chi connectivity index (χ3v) is 2.33. The summed E-state index contributed by atoms with van der Waals surface area (Å²) in [6.45, 7) is 0. The lowest BCUT2D eigenvalue weighted by atomic mass is 10.0. The average molecular weight is 228 g/mol. The third-order valence-electron chi connectivity index (χ3n) is 2.33. The molecule has 0 atom stereocenters. The maximum absolute atomic E-state index is 10.6. The predicted molar refractivity (Wildman–Crippen MR) is 65.2 cm³/mol. The number of carbonyl (C=O) groups is 1. The Morgan fingerprint density at radius 3 is 3.06 bits per heavy atom. The molecule has 86 valence electrons. The lowest BCUT2D eigenvalue weighted by molar-refractivity contribution is 0.197. The van der Waals surface area contributed by atoms with Crippen molar-refractivity contribution in [3.63, 3.8) is 0 Å². The van der Waals surface area contributed by atoms with Crippen molar-refractivity contribution in [2.75, 3.05) is 0 Å². The number of allylic oxidation sites excluding steroid dienone is 4. The second kappa shape index (κ2) is 5.12. The van der Waals surface area contributed by atoms with Gasteiger partial charge in [-0.05, 0) is 36.3 Å². The first-order valence-electron chi connectivity index (χ1n) is 5.24. The van der Waals surface area contributed by atoms with Gasteiger partial charge in [-0.1, -0.05) is 18.2 Å². The molecule has 2 rings (SSSR count). The van der Waals surface area contributed by atoms with Crippen LogP contribution in [0.1, 0.15) is 12.1 Å². The second-order valence-corrected chi connectivity index (χ2v) is 3.57. The zero-order valence-electron chi connectivity index (χ0n) is 9.13. The summed E-state index contributed by atoms with van der Waals surface area (Å²) in [5, 5.41) is 11.1. The van der Waals surface area contributed by atoms with Crippen molar-refractivity contribution < 1.29 is 9.90 Å². The van der Waals surface area contributed by atoms with Gasteiger partial charge in [-0.3, -0.25) is 10.3 Å². The van der Waals surface area contributed by atoms with Crippen molar-refractivity contribution in [3.8, 4) is 0 Å². The molecule has 0 fully saturated rings. The second-order valence-electron chi connectivity index (χ2n) is 3.57. The molecular formula is C13H12N2O2. The van der Waals surface area contributed by atoms with Crippen LogP contribution in [-0.2, 0) is 0 Å². The Bertz CT molecular complexity index is 501. The van der Waals surface area contributed by atoms with E-state index in [9.17, 15) is 4.79 Å². The van der Waals surface area contributed by atoms with Gasteiger partial charge in [0, 0.05) is 11.9 Å². The highest BCUT2D eigenvalue weighted by atomic mass is 16.4. The molecule has 1 heterocycles. The van der Waals surface area contributed by atoms with Gasteiger partial charge < -0.3 is 5.11 Å². The summed E-state index contributed by atoms with van der Waals surface area (Å²) in [5.74, 6) is 0. The molecule has 0 saturated carbocycles. The number of amides is 1. The number of nitrogens with zero attached hydrogens (tertiary/aromatic N) is 1. The summed E-state index contributed by atoms with van der Waals surface area (Å²) < 4.78 is 0. The molecular weight excluding hydrogens is 216 g/mol. The molecule has 1 amide bonds.